The van der Waals surface area contributed by atoms with E-state index in [4.69, 9.17) is 0 Å². The minimum Gasteiger partial charge on any atom is -0.373 e. The van der Waals surface area contributed by atoms with Gasteiger partial charge in [0.1, 0.15) is 0 Å². The van der Waals surface area contributed by atoms with Gasteiger partial charge in [0.15, 0.2) is 0 Å². The lowest BCUT2D eigenvalue weighted by atomic mass is 9.91. The molecule has 0 amide bonds. The van der Waals surface area contributed by atoms with Crippen molar-refractivity contribution in [3.8, 4) is 0 Å². The standard InChI is InChI=1S/C16H35OP/c1-9-11-13(3)15(5,6)18(17)16(7,8)14(4)12-10-2/h13-14,17H,9-12H2,1-8H3. The average molecular weight is 274 g/mol. The van der Waals surface area contributed by atoms with E-state index in [1.54, 1.807) is 0 Å². The monoisotopic (exact) mass is 274 g/mol. The Hall–Kier alpha value is 0.390. The fourth-order valence-corrected chi connectivity index (χ4v) is 5.31. The van der Waals surface area contributed by atoms with Crippen molar-refractivity contribution in [2.24, 2.45) is 11.8 Å². The van der Waals surface area contributed by atoms with Crippen molar-refractivity contribution in [1.29, 1.82) is 0 Å². The molecule has 0 radical (unpaired) electrons. The molecule has 110 valence electrons. The summed E-state index contributed by atoms with van der Waals surface area (Å²) in [5.74, 6) is 1.18. The van der Waals surface area contributed by atoms with Crippen LogP contribution in [0, 0.1) is 11.8 Å². The first kappa shape index (κ1) is 18.4. The van der Waals surface area contributed by atoms with E-state index in [0.717, 1.165) is 0 Å². The van der Waals surface area contributed by atoms with E-state index in [-0.39, 0.29) is 10.3 Å². The van der Waals surface area contributed by atoms with Gasteiger partial charge in [0.2, 0.25) is 0 Å². The molecule has 0 aliphatic rings. The van der Waals surface area contributed by atoms with Gasteiger partial charge in [-0.05, 0) is 11.8 Å². The molecule has 0 saturated heterocycles. The second-order valence-corrected chi connectivity index (χ2v) is 9.93. The molecule has 0 bridgehead atoms. The van der Waals surface area contributed by atoms with E-state index in [0.29, 0.717) is 11.8 Å². The SMILES string of the molecule is CCCC(C)C(C)(C)P(O)C(C)(C)C(C)CCC. The second-order valence-electron chi connectivity index (χ2n) is 7.00. The summed E-state index contributed by atoms with van der Waals surface area (Å²) in [5.41, 5.74) is 0. The summed E-state index contributed by atoms with van der Waals surface area (Å²) in [6.07, 6.45) is 4.84. The van der Waals surface area contributed by atoms with Crippen LogP contribution in [-0.2, 0) is 0 Å². The maximum atomic E-state index is 11.0. The second kappa shape index (κ2) is 7.25. The van der Waals surface area contributed by atoms with Gasteiger partial charge in [0, 0.05) is 18.5 Å². The molecule has 0 spiro atoms. The van der Waals surface area contributed by atoms with Crippen molar-refractivity contribution < 1.29 is 4.89 Å². The minimum atomic E-state index is -0.969. The molecule has 0 aliphatic heterocycles. The van der Waals surface area contributed by atoms with Crippen LogP contribution in [0.15, 0.2) is 0 Å². The van der Waals surface area contributed by atoms with Crippen molar-refractivity contribution >= 4 is 8.15 Å². The number of hydrogen-bond acceptors (Lipinski definition) is 1. The van der Waals surface area contributed by atoms with Crippen LogP contribution in [0.4, 0.5) is 0 Å². The Kier molecular flexibility index (Phi) is 7.40. The van der Waals surface area contributed by atoms with Gasteiger partial charge < -0.3 is 4.89 Å². The Morgan fingerprint density at radius 2 is 1.11 bits per heavy atom. The zero-order valence-electron chi connectivity index (χ0n) is 13.9. The molecule has 0 rings (SSSR count). The van der Waals surface area contributed by atoms with E-state index in [2.05, 4.69) is 55.4 Å². The summed E-state index contributed by atoms with van der Waals surface area (Å²) in [7, 11) is -0.969. The first-order chi connectivity index (χ1) is 8.12. The van der Waals surface area contributed by atoms with Gasteiger partial charge in [-0.15, -0.1) is 0 Å². The smallest absolute Gasteiger partial charge is 0.0372 e. The van der Waals surface area contributed by atoms with Gasteiger partial charge in [0.25, 0.3) is 0 Å². The molecule has 0 fully saturated rings. The van der Waals surface area contributed by atoms with E-state index in [1.807, 2.05) is 0 Å². The quantitative estimate of drug-likeness (QED) is 0.554. The Morgan fingerprint density at radius 3 is 1.33 bits per heavy atom. The zero-order valence-corrected chi connectivity index (χ0v) is 14.8. The highest BCUT2D eigenvalue weighted by Gasteiger charge is 2.44. The third-order valence-electron chi connectivity index (χ3n) is 4.95. The Morgan fingerprint density at radius 1 is 0.833 bits per heavy atom. The molecule has 0 heterocycles. The summed E-state index contributed by atoms with van der Waals surface area (Å²) < 4.78 is 0. The Balaban J connectivity index is 4.93. The summed E-state index contributed by atoms with van der Waals surface area (Å²) in [4.78, 5) is 11.0. The van der Waals surface area contributed by atoms with Crippen molar-refractivity contribution in [3.63, 3.8) is 0 Å². The molecule has 0 aromatic rings. The molecular weight excluding hydrogens is 239 g/mol. The van der Waals surface area contributed by atoms with Crippen LogP contribution in [0.3, 0.4) is 0 Å². The van der Waals surface area contributed by atoms with E-state index >= 15 is 0 Å². The first-order valence-corrected chi connectivity index (χ1v) is 8.90. The van der Waals surface area contributed by atoms with Crippen LogP contribution in [-0.4, -0.2) is 15.2 Å². The van der Waals surface area contributed by atoms with Gasteiger partial charge >= 0.3 is 0 Å². The van der Waals surface area contributed by atoms with E-state index in [9.17, 15) is 4.89 Å². The molecule has 0 aliphatic carbocycles. The highest BCUT2D eigenvalue weighted by molar-refractivity contribution is 7.55. The molecule has 1 nitrogen and oxygen atoms in total. The van der Waals surface area contributed by atoms with Crippen molar-refractivity contribution in [2.75, 3.05) is 0 Å². The minimum absolute atomic E-state index is 0.0524. The summed E-state index contributed by atoms with van der Waals surface area (Å²) in [6.45, 7) is 18.1. The summed E-state index contributed by atoms with van der Waals surface area (Å²) in [5, 5.41) is 0.105. The van der Waals surface area contributed by atoms with Crippen LogP contribution in [0.1, 0.15) is 81.1 Å². The zero-order chi connectivity index (χ0) is 14.6. The topological polar surface area (TPSA) is 20.2 Å². The van der Waals surface area contributed by atoms with Crippen molar-refractivity contribution in [2.45, 2.75) is 91.4 Å². The lowest BCUT2D eigenvalue weighted by Gasteiger charge is -2.47. The molecular formula is C16H35OP. The third kappa shape index (κ3) is 4.20. The highest BCUT2D eigenvalue weighted by Crippen LogP contribution is 2.62. The van der Waals surface area contributed by atoms with Crippen molar-refractivity contribution in [3.05, 3.63) is 0 Å². The predicted molar refractivity (Wildman–Crippen MR) is 85.4 cm³/mol. The van der Waals surface area contributed by atoms with Crippen molar-refractivity contribution in [1.82, 2.24) is 0 Å². The van der Waals surface area contributed by atoms with Gasteiger partial charge in [0.05, 0.1) is 0 Å². The normalized spacial score (nSPS) is 18.5. The molecule has 2 heteroatoms. The maximum Gasteiger partial charge on any atom is 0.0372 e. The third-order valence-corrected chi connectivity index (χ3v) is 8.01. The Bertz CT molecular complexity index is 211. The maximum absolute atomic E-state index is 11.0. The fraction of sp³-hybridized carbons (Fsp3) is 1.00. The van der Waals surface area contributed by atoms with Crippen LogP contribution in [0.5, 0.6) is 0 Å². The fourth-order valence-electron chi connectivity index (χ4n) is 2.73. The van der Waals surface area contributed by atoms with Gasteiger partial charge in [-0.25, -0.2) is 0 Å². The van der Waals surface area contributed by atoms with Crippen LogP contribution in [0.25, 0.3) is 0 Å². The average Bonchev–Trinajstić information content (AvgIpc) is 2.28. The molecule has 18 heavy (non-hydrogen) atoms. The lowest BCUT2D eigenvalue weighted by Crippen LogP contribution is -2.38. The van der Waals surface area contributed by atoms with Gasteiger partial charge in [-0.2, -0.15) is 0 Å². The molecule has 2 unspecified atom stereocenters. The van der Waals surface area contributed by atoms with Crippen LogP contribution < -0.4 is 0 Å². The van der Waals surface area contributed by atoms with E-state index in [1.165, 1.54) is 25.7 Å². The van der Waals surface area contributed by atoms with Crippen LogP contribution in [0.2, 0.25) is 0 Å². The molecule has 0 saturated carbocycles. The molecule has 0 aromatic carbocycles. The predicted octanol–water partition coefficient (Wildman–Crippen LogP) is 5.81. The first-order valence-electron chi connectivity index (χ1n) is 7.61. The van der Waals surface area contributed by atoms with E-state index < -0.39 is 8.15 Å². The molecule has 2 atom stereocenters. The lowest BCUT2D eigenvalue weighted by molar-refractivity contribution is 0.346. The molecule has 1 N–H and O–H groups in total. The number of hydrogen-bond donors (Lipinski definition) is 1. The van der Waals surface area contributed by atoms with Crippen LogP contribution >= 0.6 is 8.15 Å². The largest absolute Gasteiger partial charge is 0.373 e. The number of rotatable bonds is 8. The molecule has 0 aromatic heterocycles. The Labute approximate surface area is 117 Å². The van der Waals surface area contributed by atoms with Gasteiger partial charge in [-0.3, -0.25) is 0 Å². The highest BCUT2D eigenvalue weighted by atomic mass is 31.1. The summed E-state index contributed by atoms with van der Waals surface area (Å²) in [6, 6.07) is 0. The summed E-state index contributed by atoms with van der Waals surface area (Å²) >= 11 is 0. The van der Waals surface area contributed by atoms with Gasteiger partial charge in [-0.1, -0.05) is 81.1 Å².